The Kier molecular flexibility index (Phi) is 3.71. The lowest BCUT2D eigenvalue weighted by Crippen LogP contribution is -2.18. The summed E-state index contributed by atoms with van der Waals surface area (Å²) in [5.74, 6) is 1.39. The van der Waals surface area contributed by atoms with Crippen LogP contribution in [0.4, 0.5) is 10.3 Å². The maximum absolute atomic E-state index is 13.5. The smallest absolute Gasteiger partial charge is 0.201 e. The maximum Gasteiger partial charge on any atom is 0.201 e. The molecule has 1 aliphatic rings. The number of hydrogen-bond acceptors (Lipinski definition) is 3. The Morgan fingerprint density at radius 3 is 3.05 bits per heavy atom. The topological polar surface area (TPSA) is 43.8 Å². The van der Waals surface area contributed by atoms with Gasteiger partial charge < -0.3 is 10.3 Å². The lowest BCUT2D eigenvalue weighted by Gasteiger charge is -2.22. The van der Waals surface area contributed by atoms with Crippen LogP contribution in [0, 0.1) is 5.82 Å². The fraction of sp³-hybridized carbons (Fsp3) is 0.462. The molecule has 102 valence electrons. The Hall–Kier alpha value is -0.750. The first kappa shape index (κ1) is 13.2. The molecule has 2 heterocycles. The summed E-state index contributed by atoms with van der Waals surface area (Å²) in [6.07, 6.45) is 3.80. The van der Waals surface area contributed by atoms with Crippen LogP contribution in [0.1, 0.15) is 19.3 Å². The van der Waals surface area contributed by atoms with Gasteiger partial charge in [0.2, 0.25) is 5.95 Å². The van der Waals surface area contributed by atoms with Crippen LogP contribution < -0.4 is 5.73 Å². The standard InChI is InChI=1S/C13H15BrFN3S/c14-9-5-12-11(6-10(9)15)17-13(16)18(12)7-8-3-1-2-4-19-8/h5-6,8H,1-4,7H2,(H2,16,17). The third-order valence-corrected chi connectivity index (χ3v) is 5.47. The molecule has 0 radical (unpaired) electrons. The minimum absolute atomic E-state index is 0.302. The van der Waals surface area contributed by atoms with E-state index in [0.717, 1.165) is 12.1 Å². The molecule has 0 aliphatic carbocycles. The quantitative estimate of drug-likeness (QED) is 0.901. The Morgan fingerprint density at radius 1 is 1.47 bits per heavy atom. The van der Waals surface area contributed by atoms with E-state index >= 15 is 0 Å². The van der Waals surface area contributed by atoms with Crippen molar-refractivity contribution in [3.8, 4) is 0 Å². The fourth-order valence-corrected chi connectivity index (χ4v) is 4.11. The second kappa shape index (κ2) is 5.32. The molecule has 3 nitrogen and oxygen atoms in total. The van der Waals surface area contributed by atoms with E-state index in [2.05, 4.69) is 20.9 Å². The van der Waals surface area contributed by atoms with Gasteiger partial charge in [-0.2, -0.15) is 11.8 Å². The highest BCUT2D eigenvalue weighted by atomic mass is 79.9. The number of rotatable bonds is 2. The minimum Gasteiger partial charge on any atom is -0.369 e. The van der Waals surface area contributed by atoms with Crippen molar-refractivity contribution in [2.45, 2.75) is 31.1 Å². The normalized spacial score (nSPS) is 20.0. The molecule has 1 aromatic heterocycles. The molecule has 2 aromatic rings. The molecule has 0 saturated carbocycles. The van der Waals surface area contributed by atoms with E-state index in [1.165, 1.54) is 31.1 Å². The number of halogens is 2. The van der Waals surface area contributed by atoms with Gasteiger partial charge in [-0.1, -0.05) is 6.42 Å². The van der Waals surface area contributed by atoms with Crippen molar-refractivity contribution in [1.29, 1.82) is 0 Å². The average molecular weight is 344 g/mol. The van der Waals surface area contributed by atoms with E-state index in [1.54, 1.807) is 6.07 Å². The number of nitrogens with zero attached hydrogens (tertiary/aromatic N) is 2. The minimum atomic E-state index is -0.302. The molecule has 19 heavy (non-hydrogen) atoms. The molecule has 1 aromatic carbocycles. The molecule has 2 N–H and O–H groups in total. The molecule has 1 fully saturated rings. The molecule has 1 saturated heterocycles. The number of hydrogen-bond donors (Lipinski definition) is 1. The summed E-state index contributed by atoms with van der Waals surface area (Å²) in [4.78, 5) is 4.25. The summed E-state index contributed by atoms with van der Waals surface area (Å²) < 4.78 is 16.0. The number of benzene rings is 1. The van der Waals surface area contributed by atoms with Crippen LogP contribution in [0.15, 0.2) is 16.6 Å². The first-order valence-electron chi connectivity index (χ1n) is 6.37. The highest BCUT2D eigenvalue weighted by Gasteiger charge is 2.18. The monoisotopic (exact) mass is 343 g/mol. The van der Waals surface area contributed by atoms with E-state index in [-0.39, 0.29) is 5.82 Å². The highest BCUT2D eigenvalue weighted by Crippen LogP contribution is 2.30. The summed E-state index contributed by atoms with van der Waals surface area (Å²) in [6, 6.07) is 3.20. The van der Waals surface area contributed by atoms with Crippen molar-refractivity contribution in [1.82, 2.24) is 9.55 Å². The van der Waals surface area contributed by atoms with Crippen LogP contribution in [0.25, 0.3) is 11.0 Å². The molecule has 0 bridgehead atoms. The zero-order valence-corrected chi connectivity index (χ0v) is 12.8. The van der Waals surface area contributed by atoms with Gasteiger partial charge in [-0.15, -0.1) is 0 Å². The lowest BCUT2D eigenvalue weighted by atomic mass is 10.2. The first-order valence-corrected chi connectivity index (χ1v) is 8.21. The van der Waals surface area contributed by atoms with Crippen LogP contribution in [0.5, 0.6) is 0 Å². The van der Waals surface area contributed by atoms with Gasteiger partial charge in [-0.25, -0.2) is 9.37 Å². The van der Waals surface area contributed by atoms with E-state index in [0.29, 0.717) is 21.2 Å². The second-order valence-electron chi connectivity index (χ2n) is 4.82. The fourth-order valence-electron chi connectivity index (χ4n) is 2.49. The summed E-state index contributed by atoms with van der Waals surface area (Å²) in [6.45, 7) is 0.852. The third-order valence-electron chi connectivity index (χ3n) is 3.48. The molecule has 3 rings (SSSR count). The first-order chi connectivity index (χ1) is 9.15. The number of nitrogens with two attached hydrogens (primary N) is 1. The van der Waals surface area contributed by atoms with Gasteiger partial charge in [0.05, 0.1) is 15.5 Å². The SMILES string of the molecule is Nc1nc2cc(F)c(Br)cc2n1CC1CCCCS1. The van der Waals surface area contributed by atoms with Gasteiger partial charge in [-0.3, -0.25) is 0 Å². The molecule has 0 spiro atoms. The number of anilines is 1. The van der Waals surface area contributed by atoms with Crippen molar-refractivity contribution < 1.29 is 4.39 Å². The Balaban J connectivity index is 1.97. The Morgan fingerprint density at radius 2 is 2.32 bits per heavy atom. The van der Waals surface area contributed by atoms with Gasteiger partial charge in [0.15, 0.2) is 0 Å². The second-order valence-corrected chi connectivity index (χ2v) is 7.09. The molecule has 1 aliphatic heterocycles. The third kappa shape index (κ3) is 2.60. The zero-order chi connectivity index (χ0) is 13.4. The van der Waals surface area contributed by atoms with Crippen LogP contribution in [-0.4, -0.2) is 20.6 Å². The van der Waals surface area contributed by atoms with Crippen molar-refractivity contribution in [2.75, 3.05) is 11.5 Å². The number of aromatic nitrogens is 2. The van der Waals surface area contributed by atoms with Gasteiger partial charge >= 0.3 is 0 Å². The van der Waals surface area contributed by atoms with Crippen LogP contribution in [-0.2, 0) is 6.54 Å². The van der Waals surface area contributed by atoms with Crippen molar-refractivity contribution in [3.05, 3.63) is 22.4 Å². The molecule has 1 atom stereocenters. The number of imidazole rings is 1. The van der Waals surface area contributed by atoms with E-state index in [1.807, 2.05) is 16.3 Å². The van der Waals surface area contributed by atoms with Gasteiger partial charge in [0, 0.05) is 17.9 Å². The zero-order valence-electron chi connectivity index (χ0n) is 10.4. The van der Waals surface area contributed by atoms with Crippen molar-refractivity contribution >= 4 is 44.7 Å². The predicted molar refractivity (Wildman–Crippen MR) is 81.9 cm³/mol. The average Bonchev–Trinajstić information content (AvgIpc) is 2.68. The van der Waals surface area contributed by atoms with Crippen LogP contribution >= 0.6 is 27.7 Å². The van der Waals surface area contributed by atoms with Gasteiger partial charge in [0.25, 0.3) is 0 Å². The lowest BCUT2D eigenvalue weighted by molar-refractivity contribution is 0.595. The molecule has 1 unspecified atom stereocenters. The number of thioether (sulfide) groups is 1. The Bertz CT molecular complexity index is 607. The Labute approximate surface area is 123 Å². The largest absolute Gasteiger partial charge is 0.369 e. The molecule has 0 amide bonds. The van der Waals surface area contributed by atoms with Crippen molar-refractivity contribution in [2.24, 2.45) is 0 Å². The summed E-state index contributed by atoms with van der Waals surface area (Å²) in [5.41, 5.74) is 7.50. The molecule has 6 heteroatoms. The highest BCUT2D eigenvalue weighted by molar-refractivity contribution is 9.10. The molecular formula is C13H15BrFN3S. The van der Waals surface area contributed by atoms with E-state index in [4.69, 9.17) is 5.73 Å². The number of nitrogen functional groups attached to an aromatic ring is 1. The van der Waals surface area contributed by atoms with Crippen LogP contribution in [0.2, 0.25) is 0 Å². The predicted octanol–water partition coefficient (Wildman–Crippen LogP) is 3.81. The summed E-state index contributed by atoms with van der Waals surface area (Å²) >= 11 is 5.22. The van der Waals surface area contributed by atoms with Crippen LogP contribution in [0.3, 0.4) is 0 Å². The molecular weight excluding hydrogens is 329 g/mol. The van der Waals surface area contributed by atoms with E-state index < -0.39 is 0 Å². The maximum atomic E-state index is 13.5. The van der Waals surface area contributed by atoms with E-state index in [9.17, 15) is 4.39 Å². The van der Waals surface area contributed by atoms with Gasteiger partial charge in [-0.05, 0) is 40.6 Å². The summed E-state index contributed by atoms with van der Waals surface area (Å²) in [5, 5.41) is 0.581. The van der Waals surface area contributed by atoms with Gasteiger partial charge in [0.1, 0.15) is 5.82 Å². The summed E-state index contributed by atoms with van der Waals surface area (Å²) in [7, 11) is 0. The van der Waals surface area contributed by atoms with Crippen molar-refractivity contribution in [3.63, 3.8) is 0 Å². The number of fused-ring (bicyclic) bond motifs is 1.